The van der Waals surface area contributed by atoms with E-state index in [2.05, 4.69) is 45.0 Å². The zero-order chi connectivity index (χ0) is 13.9. The molecule has 0 saturated carbocycles. The zero-order valence-electron chi connectivity index (χ0n) is 12.6. The molecular weight excluding hydrogens is 250 g/mol. The van der Waals surface area contributed by atoms with Gasteiger partial charge in [0.15, 0.2) is 0 Å². The number of nitrogens with zero attached hydrogens (tertiary/aromatic N) is 4. The minimum Gasteiger partial charge on any atom is -0.354 e. The number of anilines is 1. The van der Waals surface area contributed by atoms with Crippen molar-refractivity contribution < 1.29 is 0 Å². The van der Waals surface area contributed by atoms with E-state index in [4.69, 9.17) is 0 Å². The number of hydrogen-bond acceptors (Lipinski definition) is 5. The highest BCUT2D eigenvalue weighted by Crippen LogP contribution is 2.18. The Morgan fingerprint density at radius 1 is 1.25 bits per heavy atom. The second-order valence-corrected chi connectivity index (χ2v) is 5.81. The summed E-state index contributed by atoms with van der Waals surface area (Å²) in [6.45, 7) is 11.0. The Kier molecular flexibility index (Phi) is 4.17. The van der Waals surface area contributed by atoms with Crippen molar-refractivity contribution in [2.75, 3.05) is 44.2 Å². The van der Waals surface area contributed by atoms with Crippen LogP contribution in [0.4, 0.5) is 5.82 Å². The molecule has 3 heterocycles. The van der Waals surface area contributed by atoms with E-state index in [0.29, 0.717) is 0 Å². The smallest absolute Gasteiger partial charge is 0.132 e. The van der Waals surface area contributed by atoms with Gasteiger partial charge in [-0.25, -0.2) is 9.97 Å². The van der Waals surface area contributed by atoms with Gasteiger partial charge in [-0.2, -0.15) is 0 Å². The van der Waals surface area contributed by atoms with E-state index in [1.807, 2.05) is 0 Å². The highest BCUT2D eigenvalue weighted by molar-refractivity contribution is 5.40. The summed E-state index contributed by atoms with van der Waals surface area (Å²) >= 11 is 0. The Hall–Kier alpha value is -1.20. The largest absolute Gasteiger partial charge is 0.354 e. The van der Waals surface area contributed by atoms with Crippen molar-refractivity contribution >= 4 is 5.82 Å². The first kappa shape index (κ1) is 13.8. The highest BCUT2D eigenvalue weighted by Gasteiger charge is 2.26. The van der Waals surface area contributed by atoms with E-state index >= 15 is 0 Å². The van der Waals surface area contributed by atoms with Crippen molar-refractivity contribution in [3.8, 4) is 0 Å². The van der Waals surface area contributed by atoms with Crippen LogP contribution in [0.5, 0.6) is 0 Å². The van der Waals surface area contributed by atoms with Crippen LogP contribution in [-0.2, 0) is 6.42 Å². The molecular formula is C15H25N5. The molecule has 0 amide bonds. The minimum atomic E-state index is 0.746. The third-order valence-corrected chi connectivity index (χ3v) is 4.39. The Balaban J connectivity index is 1.64. The summed E-state index contributed by atoms with van der Waals surface area (Å²) in [5.41, 5.74) is 1.08. The molecule has 0 radical (unpaired) electrons. The molecule has 2 fully saturated rings. The standard InChI is InChI=1S/C15H25N5/c1-3-14-17-12(2)10-15(18-14)20-8-6-19(7-9-20)13-4-5-16-11-13/h10,13,16H,3-9,11H2,1-2H3. The molecule has 0 aromatic carbocycles. The van der Waals surface area contributed by atoms with Crippen LogP contribution in [-0.4, -0.2) is 60.2 Å². The van der Waals surface area contributed by atoms with Gasteiger partial charge in [0.25, 0.3) is 0 Å². The van der Waals surface area contributed by atoms with Crippen LogP contribution in [0.2, 0.25) is 0 Å². The molecule has 1 aromatic heterocycles. The Labute approximate surface area is 121 Å². The van der Waals surface area contributed by atoms with Gasteiger partial charge in [0.2, 0.25) is 0 Å². The van der Waals surface area contributed by atoms with E-state index in [-0.39, 0.29) is 0 Å². The lowest BCUT2D eigenvalue weighted by atomic mass is 10.2. The zero-order valence-corrected chi connectivity index (χ0v) is 12.6. The molecule has 5 heteroatoms. The van der Waals surface area contributed by atoms with Crippen molar-refractivity contribution in [3.63, 3.8) is 0 Å². The van der Waals surface area contributed by atoms with Crippen molar-refractivity contribution in [1.29, 1.82) is 0 Å². The van der Waals surface area contributed by atoms with Crippen LogP contribution in [0.15, 0.2) is 6.07 Å². The molecule has 1 atom stereocenters. The lowest BCUT2D eigenvalue weighted by Crippen LogP contribution is -2.51. The van der Waals surface area contributed by atoms with Gasteiger partial charge in [0.05, 0.1) is 0 Å². The van der Waals surface area contributed by atoms with Crippen LogP contribution < -0.4 is 10.2 Å². The van der Waals surface area contributed by atoms with Crippen LogP contribution in [0.25, 0.3) is 0 Å². The average molecular weight is 275 g/mol. The van der Waals surface area contributed by atoms with Gasteiger partial charge >= 0.3 is 0 Å². The lowest BCUT2D eigenvalue weighted by Gasteiger charge is -2.38. The first-order valence-electron chi connectivity index (χ1n) is 7.80. The monoisotopic (exact) mass is 275 g/mol. The third-order valence-electron chi connectivity index (χ3n) is 4.39. The number of aromatic nitrogens is 2. The van der Waals surface area contributed by atoms with Crippen molar-refractivity contribution in [1.82, 2.24) is 20.2 Å². The van der Waals surface area contributed by atoms with Gasteiger partial charge in [-0.1, -0.05) is 6.92 Å². The maximum atomic E-state index is 4.68. The van der Waals surface area contributed by atoms with E-state index in [0.717, 1.165) is 62.5 Å². The second kappa shape index (κ2) is 6.06. The van der Waals surface area contributed by atoms with Gasteiger partial charge in [0, 0.05) is 56.9 Å². The van der Waals surface area contributed by atoms with Gasteiger partial charge in [-0.05, 0) is 19.9 Å². The van der Waals surface area contributed by atoms with Gasteiger partial charge in [-0.15, -0.1) is 0 Å². The minimum absolute atomic E-state index is 0.746. The molecule has 1 aromatic rings. The van der Waals surface area contributed by atoms with Crippen molar-refractivity contribution in [2.45, 2.75) is 32.7 Å². The SMILES string of the molecule is CCc1nc(C)cc(N2CCN(C3CCNC3)CC2)n1. The first-order chi connectivity index (χ1) is 9.76. The second-order valence-electron chi connectivity index (χ2n) is 5.81. The van der Waals surface area contributed by atoms with E-state index in [1.54, 1.807) is 0 Å². The molecule has 3 rings (SSSR count). The summed E-state index contributed by atoms with van der Waals surface area (Å²) < 4.78 is 0. The summed E-state index contributed by atoms with van der Waals surface area (Å²) in [5.74, 6) is 2.07. The fraction of sp³-hybridized carbons (Fsp3) is 0.733. The Morgan fingerprint density at radius 2 is 2.05 bits per heavy atom. The predicted octanol–water partition coefficient (Wildman–Crippen LogP) is 0.831. The van der Waals surface area contributed by atoms with Gasteiger partial charge in [-0.3, -0.25) is 4.90 Å². The predicted molar refractivity (Wildman–Crippen MR) is 81.2 cm³/mol. The van der Waals surface area contributed by atoms with Crippen LogP contribution in [0.1, 0.15) is 24.9 Å². The quantitative estimate of drug-likeness (QED) is 0.885. The normalized spacial score (nSPS) is 24.3. The average Bonchev–Trinajstić information content (AvgIpc) is 3.01. The van der Waals surface area contributed by atoms with Gasteiger partial charge in [0.1, 0.15) is 11.6 Å². The van der Waals surface area contributed by atoms with Crippen LogP contribution in [0, 0.1) is 6.92 Å². The van der Waals surface area contributed by atoms with Crippen LogP contribution >= 0.6 is 0 Å². The molecule has 0 bridgehead atoms. The molecule has 2 aliphatic heterocycles. The maximum Gasteiger partial charge on any atom is 0.132 e. The number of nitrogens with one attached hydrogen (secondary N) is 1. The number of rotatable bonds is 3. The molecule has 110 valence electrons. The van der Waals surface area contributed by atoms with Crippen LogP contribution in [0.3, 0.4) is 0 Å². The fourth-order valence-corrected chi connectivity index (χ4v) is 3.20. The molecule has 5 nitrogen and oxygen atoms in total. The van der Waals surface area contributed by atoms with Crippen molar-refractivity contribution in [3.05, 3.63) is 17.6 Å². The molecule has 0 aliphatic carbocycles. The third kappa shape index (κ3) is 2.94. The number of hydrogen-bond donors (Lipinski definition) is 1. The lowest BCUT2D eigenvalue weighted by molar-refractivity contribution is 0.196. The summed E-state index contributed by atoms with van der Waals surface area (Å²) in [7, 11) is 0. The fourth-order valence-electron chi connectivity index (χ4n) is 3.20. The highest BCUT2D eigenvalue weighted by atomic mass is 15.3. The maximum absolute atomic E-state index is 4.68. The van der Waals surface area contributed by atoms with E-state index in [1.165, 1.54) is 13.0 Å². The molecule has 2 aliphatic rings. The summed E-state index contributed by atoms with van der Waals surface area (Å²) in [6.07, 6.45) is 2.20. The number of aryl methyl sites for hydroxylation is 2. The summed E-state index contributed by atoms with van der Waals surface area (Å²) in [4.78, 5) is 14.2. The molecule has 20 heavy (non-hydrogen) atoms. The number of piperazine rings is 1. The van der Waals surface area contributed by atoms with E-state index < -0.39 is 0 Å². The Bertz CT molecular complexity index is 448. The molecule has 1 unspecified atom stereocenters. The summed E-state index contributed by atoms with van der Waals surface area (Å²) in [6, 6.07) is 2.86. The summed E-state index contributed by atoms with van der Waals surface area (Å²) in [5, 5.41) is 3.46. The Morgan fingerprint density at radius 3 is 2.70 bits per heavy atom. The molecule has 1 N–H and O–H groups in total. The topological polar surface area (TPSA) is 44.3 Å². The van der Waals surface area contributed by atoms with Crippen molar-refractivity contribution in [2.24, 2.45) is 0 Å². The van der Waals surface area contributed by atoms with Gasteiger partial charge < -0.3 is 10.2 Å². The molecule has 0 spiro atoms. The molecule has 2 saturated heterocycles. The first-order valence-corrected chi connectivity index (χ1v) is 7.80. The van der Waals surface area contributed by atoms with E-state index in [9.17, 15) is 0 Å².